The third kappa shape index (κ3) is 11.1. The van der Waals surface area contributed by atoms with Gasteiger partial charge in [0.25, 0.3) is 0 Å². The minimum atomic E-state index is -1.51. The summed E-state index contributed by atoms with van der Waals surface area (Å²) < 4.78 is 0. The van der Waals surface area contributed by atoms with Crippen LogP contribution in [0.25, 0.3) is 87.6 Å². The van der Waals surface area contributed by atoms with E-state index in [1.54, 1.807) is 0 Å². The first kappa shape index (κ1) is 58.4. The lowest BCUT2D eigenvalue weighted by atomic mass is 9.83. The van der Waals surface area contributed by atoms with Crippen LogP contribution >= 0.6 is 0 Å². The van der Waals surface area contributed by atoms with Crippen LogP contribution in [0.3, 0.4) is 0 Å². The molecule has 0 saturated carbocycles. The number of hydrogen-bond donors (Lipinski definition) is 0. The molecule has 0 aliphatic heterocycles. The average molecular weight is 1210 g/mol. The zero-order valence-corrected chi connectivity index (χ0v) is 57.3. The molecular weight excluding hydrogens is 1130 g/mol. The molecule has 13 rings (SSSR count). The number of anilines is 6. The average Bonchev–Trinajstić information content (AvgIpc) is 0.787. The summed E-state index contributed by atoms with van der Waals surface area (Å²) in [4.78, 5) is 4.90. The fraction of sp³-hybridized carbons (Fsp3) is 0.146. The first-order valence-electron chi connectivity index (χ1n) is 31.4. The van der Waals surface area contributed by atoms with Crippen molar-refractivity contribution in [1.29, 1.82) is 0 Å². The van der Waals surface area contributed by atoms with E-state index in [9.17, 15) is 0 Å². The molecule has 0 radical (unpaired) electrons. The molecule has 0 unspecified atom stereocenters. The van der Waals surface area contributed by atoms with E-state index >= 15 is 0 Å². The van der Waals surface area contributed by atoms with Crippen LogP contribution in [0.2, 0.25) is 78.6 Å². The molecule has 2 nitrogen and oxygen atoms in total. The number of nitrogens with zero attached hydrogens (tertiary/aromatic N) is 2. The molecule has 0 amide bonds. The smallest absolute Gasteiger partial charge is 0.0775 e. The van der Waals surface area contributed by atoms with Crippen molar-refractivity contribution < 1.29 is 0 Å². The molecule has 0 saturated heterocycles. The van der Waals surface area contributed by atoms with E-state index in [2.05, 4.69) is 355 Å². The van der Waals surface area contributed by atoms with Crippen LogP contribution in [0.1, 0.15) is 0 Å². The monoisotopic (exact) mass is 1200 g/mol. The van der Waals surface area contributed by atoms with Gasteiger partial charge in [-0.15, -0.1) is 0 Å². The fourth-order valence-electron chi connectivity index (χ4n) is 13.3. The Morgan fingerprint density at radius 3 is 0.580 bits per heavy atom. The van der Waals surface area contributed by atoms with Crippen LogP contribution in [-0.4, -0.2) is 32.3 Å². The number of rotatable bonds is 14. The standard InChI is InChI=1S/C82H80N2Si4/c1-85(2,3)67-46-38-61(39-47-67)83(62-40-48-68(49-41-62)86(4,5)6)65-28-22-26-59(55-65)81-75-34-17-13-30-71(75)79(72-31-14-18-35-76(72)81)57-24-21-25-58(54-57)80-73-32-15-19-36-77(73)82(78-37-20-16-33-74(78)80)60-27-23-29-66(56-60)84(63-42-50-69(51-43-63)87(7,8)9)64-44-52-70(53-45-64)88(10,11)12/h13-56H,1-12H3. The number of hydrogen-bond acceptors (Lipinski definition) is 2. The fourth-order valence-corrected chi connectivity index (χ4v) is 17.9. The van der Waals surface area contributed by atoms with Crippen LogP contribution < -0.4 is 30.5 Å². The van der Waals surface area contributed by atoms with Gasteiger partial charge in [0, 0.05) is 34.1 Å². The summed E-state index contributed by atoms with van der Waals surface area (Å²) in [6.07, 6.45) is 0. The molecule has 88 heavy (non-hydrogen) atoms. The molecule has 0 spiro atoms. The Kier molecular flexibility index (Phi) is 15.1. The summed E-state index contributed by atoms with van der Waals surface area (Å²) >= 11 is 0. The SMILES string of the molecule is C[Si](C)(C)c1ccc(N(c2ccc([Si](C)(C)C)cc2)c2cccc(-c3c4ccccc4c(-c4cccc(-c5c6ccccc6c(-c6cccc(N(c7ccc([Si](C)(C)C)cc7)c7ccc([Si](C)(C)C)cc7)c6)c6ccccc56)c4)c4ccccc34)c2)cc1. The highest BCUT2D eigenvalue weighted by Crippen LogP contribution is 2.49. The van der Waals surface area contributed by atoms with Crippen LogP contribution in [0.5, 0.6) is 0 Å². The van der Waals surface area contributed by atoms with Gasteiger partial charge in [-0.2, -0.15) is 0 Å². The van der Waals surface area contributed by atoms with Crippen LogP contribution in [0.15, 0.2) is 267 Å². The largest absolute Gasteiger partial charge is 0.310 e. The lowest BCUT2D eigenvalue weighted by Gasteiger charge is -2.28. The Morgan fingerprint density at radius 2 is 0.375 bits per heavy atom. The highest BCUT2D eigenvalue weighted by Gasteiger charge is 2.26. The van der Waals surface area contributed by atoms with Crippen molar-refractivity contribution in [3.05, 3.63) is 267 Å². The van der Waals surface area contributed by atoms with Gasteiger partial charge in [0.1, 0.15) is 0 Å². The molecule has 0 aliphatic carbocycles. The molecule has 6 heteroatoms. The maximum absolute atomic E-state index is 2.46. The van der Waals surface area contributed by atoms with E-state index in [1.165, 1.54) is 108 Å². The molecule has 0 aromatic heterocycles. The van der Waals surface area contributed by atoms with Gasteiger partial charge in [0.2, 0.25) is 0 Å². The van der Waals surface area contributed by atoms with Gasteiger partial charge in [-0.05, 0) is 166 Å². The Morgan fingerprint density at radius 1 is 0.182 bits per heavy atom. The first-order valence-corrected chi connectivity index (χ1v) is 45.4. The molecule has 434 valence electrons. The molecule has 0 atom stereocenters. The predicted molar refractivity (Wildman–Crippen MR) is 399 cm³/mol. The number of benzene rings is 13. The summed E-state index contributed by atoms with van der Waals surface area (Å²) in [5.41, 5.74) is 16.7. The normalized spacial score (nSPS) is 12.3. The van der Waals surface area contributed by atoms with E-state index in [-0.39, 0.29) is 0 Å². The Bertz CT molecular complexity index is 4220. The number of fused-ring (bicyclic) bond motifs is 4. The Hall–Kier alpha value is -8.63. The highest BCUT2D eigenvalue weighted by molar-refractivity contribution is 6.90. The van der Waals surface area contributed by atoms with Gasteiger partial charge in [-0.25, -0.2) is 0 Å². The topological polar surface area (TPSA) is 6.48 Å². The van der Waals surface area contributed by atoms with Crippen molar-refractivity contribution in [3.63, 3.8) is 0 Å². The zero-order chi connectivity index (χ0) is 61.3. The predicted octanol–water partition coefficient (Wildman–Crippen LogP) is 22.1. The molecule has 13 aromatic carbocycles. The summed E-state index contributed by atoms with van der Waals surface area (Å²) in [5, 5.41) is 15.7. The molecule has 0 bridgehead atoms. The molecule has 0 N–H and O–H groups in total. The van der Waals surface area contributed by atoms with E-state index in [1.807, 2.05) is 0 Å². The van der Waals surface area contributed by atoms with Gasteiger partial charge in [-0.1, -0.05) is 287 Å². The molecule has 13 aromatic rings. The van der Waals surface area contributed by atoms with E-state index in [4.69, 9.17) is 0 Å². The maximum Gasteiger partial charge on any atom is 0.0775 e. The maximum atomic E-state index is 2.46. The lowest BCUT2D eigenvalue weighted by Crippen LogP contribution is -2.37. The Labute approximate surface area is 526 Å². The first-order chi connectivity index (χ1) is 42.2. The van der Waals surface area contributed by atoms with Crippen LogP contribution in [0, 0.1) is 0 Å². The van der Waals surface area contributed by atoms with E-state index < -0.39 is 32.3 Å². The lowest BCUT2D eigenvalue weighted by molar-refractivity contribution is 1.29. The van der Waals surface area contributed by atoms with E-state index in [0.717, 1.165) is 34.1 Å². The van der Waals surface area contributed by atoms with Crippen molar-refractivity contribution in [2.75, 3.05) is 9.80 Å². The van der Waals surface area contributed by atoms with Gasteiger partial charge in [0.05, 0.1) is 32.3 Å². The molecule has 0 aliphatic rings. The quantitative estimate of drug-likeness (QED) is 0.0791. The van der Waals surface area contributed by atoms with Crippen molar-refractivity contribution in [3.8, 4) is 44.5 Å². The second-order valence-corrected chi connectivity index (χ2v) is 48.5. The summed E-state index contributed by atoms with van der Waals surface area (Å²) in [7, 11) is -6.06. The molecular formula is C82H80N2Si4. The van der Waals surface area contributed by atoms with Crippen molar-refractivity contribution >= 4 is 130 Å². The van der Waals surface area contributed by atoms with E-state index in [0.29, 0.717) is 0 Å². The van der Waals surface area contributed by atoms with Crippen LogP contribution in [0.4, 0.5) is 34.1 Å². The molecule has 0 fully saturated rings. The summed E-state index contributed by atoms with van der Waals surface area (Å²) in [5.74, 6) is 0. The highest BCUT2D eigenvalue weighted by atomic mass is 28.3. The zero-order valence-electron chi connectivity index (χ0n) is 53.3. The second-order valence-electron chi connectivity index (χ2n) is 28.2. The third-order valence-electron chi connectivity index (χ3n) is 18.1. The second kappa shape index (κ2) is 22.8. The minimum absolute atomic E-state index is 1.13. The van der Waals surface area contributed by atoms with Gasteiger partial charge in [-0.3, -0.25) is 0 Å². The Balaban J connectivity index is 0.942. The third-order valence-corrected chi connectivity index (χ3v) is 26.3. The van der Waals surface area contributed by atoms with Crippen LogP contribution in [-0.2, 0) is 0 Å². The van der Waals surface area contributed by atoms with Crippen molar-refractivity contribution in [1.82, 2.24) is 0 Å². The van der Waals surface area contributed by atoms with Gasteiger partial charge in [0.15, 0.2) is 0 Å². The van der Waals surface area contributed by atoms with Gasteiger partial charge >= 0.3 is 0 Å². The van der Waals surface area contributed by atoms with Crippen molar-refractivity contribution in [2.45, 2.75) is 78.6 Å². The molecule has 0 heterocycles. The summed E-state index contributed by atoms with van der Waals surface area (Å²) in [6.45, 7) is 29.1. The van der Waals surface area contributed by atoms with Crippen molar-refractivity contribution in [2.24, 2.45) is 0 Å². The van der Waals surface area contributed by atoms with Gasteiger partial charge < -0.3 is 9.80 Å². The summed E-state index contributed by atoms with van der Waals surface area (Å²) in [6, 6.07) is 102. The minimum Gasteiger partial charge on any atom is -0.310 e.